The zero-order chi connectivity index (χ0) is 6.41. The standard InChI is InChI=1S/C3H6O.C3H7O.Na/c1-3-2-4-3;1-2-3-4;/h3H,2H2,1H3;4H,1-3H2;/q;-1;+1. The van der Waals surface area contributed by atoms with E-state index in [0.29, 0.717) is 12.5 Å². The van der Waals surface area contributed by atoms with E-state index < -0.39 is 0 Å². The molecule has 1 atom stereocenters. The smallest absolute Gasteiger partial charge is 0.399 e. The molecule has 50 valence electrons. The van der Waals surface area contributed by atoms with Crippen molar-refractivity contribution in [3.05, 3.63) is 6.92 Å². The van der Waals surface area contributed by atoms with Crippen molar-refractivity contribution in [1.29, 1.82) is 0 Å². The number of aliphatic hydroxyl groups is 1. The fourth-order valence-electron chi connectivity index (χ4n) is 0.0962. The van der Waals surface area contributed by atoms with Crippen molar-refractivity contribution < 1.29 is 39.4 Å². The van der Waals surface area contributed by atoms with E-state index in [9.17, 15) is 0 Å². The molecule has 1 unspecified atom stereocenters. The summed E-state index contributed by atoms with van der Waals surface area (Å²) in [6.07, 6.45) is 1.21. The maximum absolute atomic E-state index is 7.81. The van der Waals surface area contributed by atoms with Gasteiger partial charge in [-0.2, -0.15) is 6.42 Å². The molecule has 0 amide bonds. The molecule has 1 saturated heterocycles. The first kappa shape index (κ1) is 12.6. The van der Waals surface area contributed by atoms with E-state index in [0.717, 1.165) is 6.61 Å². The molecule has 0 aliphatic carbocycles. The summed E-state index contributed by atoms with van der Waals surface area (Å²) in [4.78, 5) is 0. The van der Waals surface area contributed by atoms with Gasteiger partial charge in [-0.3, -0.25) is 0 Å². The van der Waals surface area contributed by atoms with Crippen molar-refractivity contribution in [3.8, 4) is 0 Å². The van der Waals surface area contributed by atoms with Gasteiger partial charge in [-0.05, 0) is 6.92 Å². The van der Waals surface area contributed by atoms with Crippen LogP contribution in [0, 0.1) is 6.92 Å². The summed E-state index contributed by atoms with van der Waals surface area (Å²) in [7, 11) is 0. The molecular weight excluding hydrogens is 127 g/mol. The van der Waals surface area contributed by atoms with Crippen LogP contribution in [-0.4, -0.2) is 24.4 Å². The van der Waals surface area contributed by atoms with Crippen LogP contribution in [0.4, 0.5) is 0 Å². The minimum absolute atomic E-state index is 0. The molecule has 0 radical (unpaired) electrons. The van der Waals surface area contributed by atoms with E-state index >= 15 is 0 Å². The molecule has 2 nitrogen and oxygen atoms in total. The Morgan fingerprint density at radius 3 is 2.00 bits per heavy atom. The third-order valence-corrected chi connectivity index (χ3v) is 0.658. The van der Waals surface area contributed by atoms with E-state index in [-0.39, 0.29) is 36.2 Å². The first-order valence-electron chi connectivity index (χ1n) is 2.83. The Labute approximate surface area is 78.9 Å². The van der Waals surface area contributed by atoms with Crippen LogP contribution in [-0.2, 0) is 4.74 Å². The Kier molecular flexibility index (Phi) is 12.5. The van der Waals surface area contributed by atoms with Gasteiger partial charge in [0.2, 0.25) is 0 Å². The molecule has 1 N–H and O–H groups in total. The van der Waals surface area contributed by atoms with Crippen LogP contribution in [0.3, 0.4) is 0 Å². The van der Waals surface area contributed by atoms with Crippen LogP contribution in [0.25, 0.3) is 0 Å². The van der Waals surface area contributed by atoms with E-state index in [1.165, 1.54) is 0 Å². The van der Waals surface area contributed by atoms with Crippen LogP contribution in [0.2, 0.25) is 0 Å². The van der Waals surface area contributed by atoms with Crippen molar-refractivity contribution in [1.82, 2.24) is 0 Å². The van der Waals surface area contributed by atoms with Crippen molar-refractivity contribution in [2.45, 2.75) is 19.4 Å². The number of hydrogen-bond acceptors (Lipinski definition) is 2. The SMILES string of the molecule is CC1CO1.[CH2-]CCO.[Na+]. The van der Waals surface area contributed by atoms with Crippen LogP contribution in [0.5, 0.6) is 0 Å². The summed E-state index contributed by atoms with van der Waals surface area (Å²) < 4.78 is 4.71. The van der Waals surface area contributed by atoms with Crippen molar-refractivity contribution >= 4 is 0 Å². The maximum atomic E-state index is 7.81. The normalized spacial score (nSPS) is 21.0. The Bertz CT molecular complexity index is 44.3. The summed E-state index contributed by atoms with van der Waals surface area (Å²) in [6, 6.07) is 0. The van der Waals surface area contributed by atoms with Crippen molar-refractivity contribution in [3.63, 3.8) is 0 Å². The van der Waals surface area contributed by atoms with Gasteiger partial charge in [0.1, 0.15) is 0 Å². The third-order valence-electron chi connectivity index (χ3n) is 0.658. The monoisotopic (exact) mass is 140 g/mol. The van der Waals surface area contributed by atoms with E-state index in [1.807, 2.05) is 0 Å². The summed E-state index contributed by atoms with van der Waals surface area (Å²) in [5.41, 5.74) is 0. The zero-order valence-electron chi connectivity index (χ0n) is 6.26. The van der Waals surface area contributed by atoms with Gasteiger partial charge in [-0.25, -0.2) is 0 Å². The van der Waals surface area contributed by atoms with E-state index in [4.69, 9.17) is 9.84 Å². The van der Waals surface area contributed by atoms with Crippen molar-refractivity contribution in [2.24, 2.45) is 0 Å². The third kappa shape index (κ3) is 17.6. The van der Waals surface area contributed by atoms with Gasteiger partial charge in [-0.1, -0.05) is 0 Å². The zero-order valence-corrected chi connectivity index (χ0v) is 8.26. The van der Waals surface area contributed by atoms with Gasteiger partial charge in [0, 0.05) is 6.61 Å². The fraction of sp³-hybridized carbons (Fsp3) is 0.833. The second-order valence-corrected chi connectivity index (χ2v) is 1.72. The minimum atomic E-state index is 0. The van der Waals surface area contributed by atoms with Crippen LogP contribution in [0.15, 0.2) is 0 Å². The topological polar surface area (TPSA) is 32.8 Å². The number of hydrogen-bond donors (Lipinski definition) is 1. The van der Waals surface area contributed by atoms with Gasteiger partial charge < -0.3 is 16.8 Å². The average molecular weight is 140 g/mol. The fourth-order valence-corrected chi connectivity index (χ4v) is 0.0962. The van der Waals surface area contributed by atoms with Crippen LogP contribution < -0.4 is 29.6 Å². The predicted molar refractivity (Wildman–Crippen MR) is 32.5 cm³/mol. The van der Waals surface area contributed by atoms with E-state index in [2.05, 4.69) is 13.8 Å². The predicted octanol–water partition coefficient (Wildman–Crippen LogP) is -2.39. The summed E-state index contributed by atoms with van der Waals surface area (Å²) >= 11 is 0. The molecule has 1 fully saturated rings. The number of ether oxygens (including phenoxy) is 1. The molecule has 1 heterocycles. The number of rotatable bonds is 1. The molecule has 9 heavy (non-hydrogen) atoms. The average Bonchev–Trinajstić information content (AvgIpc) is 2.52. The Morgan fingerprint density at radius 1 is 1.78 bits per heavy atom. The minimum Gasteiger partial charge on any atom is -0.399 e. The summed E-state index contributed by atoms with van der Waals surface area (Å²) in [5.74, 6) is 0. The van der Waals surface area contributed by atoms with Gasteiger partial charge in [0.25, 0.3) is 0 Å². The van der Waals surface area contributed by atoms with Crippen LogP contribution in [0.1, 0.15) is 13.3 Å². The Balaban J connectivity index is 0. The molecule has 1 aliphatic heterocycles. The maximum Gasteiger partial charge on any atom is 1.00 e. The van der Waals surface area contributed by atoms with Crippen molar-refractivity contribution in [2.75, 3.05) is 13.2 Å². The molecule has 0 bridgehead atoms. The van der Waals surface area contributed by atoms with Gasteiger partial charge in [0.05, 0.1) is 12.7 Å². The molecule has 3 heteroatoms. The quantitative estimate of drug-likeness (QED) is 0.250. The Morgan fingerprint density at radius 2 is 2.00 bits per heavy atom. The van der Waals surface area contributed by atoms with E-state index in [1.54, 1.807) is 0 Å². The largest absolute Gasteiger partial charge is 1.00 e. The van der Waals surface area contributed by atoms with Gasteiger partial charge in [-0.15, -0.1) is 0 Å². The van der Waals surface area contributed by atoms with Gasteiger partial charge in [0.15, 0.2) is 0 Å². The molecule has 0 spiro atoms. The molecule has 0 saturated carbocycles. The second kappa shape index (κ2) is 8.92. The Hall–Kier alpha value is 0.920. The molecule has 1 rings (SSSR count). The molecule has 0 aromatic carbocycles. The van der Waals surface area contributed by atoms with Crippen LogP contribution >= 0.6 is 0 Å². The molecular formula is C6H13NaO2. The number of epoxide rings is 1. The first-order valence-corrected chi connectivity index (χ1v) is 2.83. The summed E-state index contributed by atoms with van der Waals surface area (Å²) in [5, 5.41) is 7.81. The second-order valence-electron chi connectivity index (χ2n) is 1.72. The molecule has 0 aromatic heterocycles. The number of aliphatic hydroxyl groups excluding tert-OH is 1. The summed E-state index contributed by atoms with van der Waals surface area (Å²) in [6.45, 7) is 6.60. The molecule has 0 aromatic rings. The first-order chi connectivity index (χ1) is 3.81. The van der Waals surface area contributed by atoms with Gasteiger partial charge >= 0.3 is 29.6 Å². The molecule has 1 aliphatic rings.